The molecule has 0 N–H and O–H groups in total. The minimum absolute atomic E-state index is 0.00128. The smallest absolute Gasteiger partial charge is 0.0542 e. The second-order valence-corrected chi connectivity index (χ2v) is 17.2. The zero-order chi connectivity index (χ0) is 53.7. The third-order valence-corrected chi connectivity index (χ3v) is 12.8. The minimum atomic E-state index is -0.00128. The number of nitrogens with zero attached hydrogens (tertiary/aromatic N) is 5. The van der Waals surface area contributed by atoms with Gasteiger partial charge in [-0.05, 0) is 158 Å². The van der Waals surface area contributed by atoms with Crippen LogP contribution in [0.5, 0.6) is 0 Å². The van der Waals surface area contributed by atoms with E-state index >= 15 is 0 Å². The van der Waals surface area contributed by atoms with Crippen LogP contribution in [-0.4, -0.2) is 10.6 Å². The summed E-state index contributed by atoms with van der Waals surface area (Å²) < 4.78 is 2.36. The fourth-order valence-corrected chi connectivity index (χ4v) is 9.50. The molecular weight excluding hydrogens is 923 g/mol. The molecule has 1 unspecified atom stereocenters. The van der Waals surface area contributed by atoms with Crippen LogP contribution in [0.15, 0.2) is 311 Å². The monoisotopic (exact) mass is 994 g/mol. The molecule has 9 aromatic rings. The van der Waals surface area contributed by atoms with Gasteiger partial charge in [0.1, 0.15) is 0 Å². The Morgan fingerprint density at radius 1 is 0.434 bits per heavy atom. The van der Waals surface area contributed by atoms with Crippen molar-refractivity contribution in [2.45, 2.75) is 46.6 Å². The summed E-state index contributed by atoms with van der Waals surface area (Å²) in [7, 11) is 0. The number of allylic oxidation sites excluding steroid dienone is 7. The van der Waals surface area contributed by atoms with Gasteiger partial charge in [-0.15, -0.1) is 6.58 Å². The van der Waals surface area contributed by atoms with Crippen LogP contribution in [0, 0.1) is 0 Å². The van der Waals surface area contributed by atoms with Gasteiger partial charge < -0.3 is 24.2 Å². The van der Waals surface area contributed by atoms with Crippen molar-refractivity contribution >= 4 is 67.3 Å². The number of para-hydroxylation sites is 5. The van der Waals surface area contributed by atoms with E-state index in [1.807, 2.05) is 70.2 Å². The normalized spacial score (nSPS) is 11.6. The van der Waals surface area contributed by atoms with Gasteiger partial charge in [-0.2, -0.15) is 0 Å². The van der Waals surface area contributed by atoms with Gasteiger partial charge in [0.05, 0.1) is 17.1 Å². The number of fused-ring (bicyclic) bond motifs is 3. The molecule has 0 fully saturated rings. The van der Waals surface area contributed by atoms with Crippen LogP contribution in [0.4, 0.5) is 45.5 Å². The molecule has 5 heteroatoms. The summed E-state index contributed by atoms with van der Waals surface area (Å²) in [6.45, 7) is 28.7. The van der Waals surface area contributed by atoms with E-state index in [0.717, 1.165) is 97.2 Å². The fraction of sp³-hybridized carbons (Fsp3) is 0.0986. The Hall–Kier alpha value is -9.32. The lowest BCUT2D eigenvalue weighted by Gasteiger charge is -2.32. The van der Waals surface area contributed by atoms with Crippen molar-refractivity contribution in [1.82, 2.24) is 4.57 Å². The number of rotatable bonds is 21. The first-order chi connectivity index (χ1) is 37.5. The Morgan fingerprint density at radius 2 is 0.816 bits per heavy atom. The average Bonchev–Trinajstić information content (AvgIpc) is 3.89. The van der Waals surface area contributed by atoms with E-state index in [1.54, 1.807) is 6.08 Å². The van der Waals surface area contributed by atoms with Gasteiger partial charge >= 0.3 is 0 Å². The second kappa shape index (κ2) is 27.7. The summed E-state index contributed by atoms with van der Waals surface area (Å²) in [4.78, 5) is 9.09. The number of anilines is 8. The van der Waals surface area contributed by atoms with E-state index in [2.05, 4.69) is 276 Å². The Kier molecular flexibility index (Phi) is 19.8. The first kappa shape index (κ1) is 54.5. The van der Waals surface area contributed by atoms with Crippen LogP contribution in [0.3, 0.4) is 0 Å². The van der Waals surface area contributed by atoms with E-state index in [1.165, 1.54) is 0 Å². The van der Waals surface area contributed by atoms with Crippen LogP contribution in [0.2, 0.25) is 0 Å². The van der Waals surface area contributed by atoms with Crippen LogP contribution >= 0.6 is 0 Å². The van der Waals surface area contributed by atoms with E-state index in [0.29, 0.717) is 0 Å². The highest BCUT2D eigenvalue weighted by Crippen LogP contribution is 2.43. The number of benzene rings is 8. The van der Waals surface area contributed by atoms with Crippen molar-refractivity contribution < 1.29 is 0 Å². The molecule has 0 aliphatic carbocycles. The zero-order valence-corrected chi connectivity index (χ0v) is 44.7. The van der Waals surface area contributed by atoms with E-state index in [-0.39, 0.29) is 6.04 Å². The van der Waals surface area contributed by atoms with Crippen LogP contribution < -0.4 is 19.6 Å². The van der Waals surface area contributed by atoms with E-state index in [9.17, 15) is 0 Å². The second-order valence-electron chi connectivity index (χ2n) is 17.2. The molecule has 0 aliphatic heterocycles. The minimum Gasteiger partial charge on any atom is -0.335 e. The molecular formula is C71H71N5. The highest BCUT2D eigenvalue weighted by atomic mass is 15.2. The van der Waals surface area contributed by atoms with Crippen molar-refractivity contribution in [3.05, 3.63) is 311 Å². The molecule has 0 bridgehead atoms. The van der Waals surface area contributed by atoms with Crippen molar-refractivity contribution in [1.29, 1.82) is 0 Å². The number of hydrogen-bond acceptors (Lipinski definition) is 4. The van der Waals surface area contributed by atoms with Crippen molar-refractivity contribution in [3.63, 3.8) is 0 Å². The summed E-state index contributed by atoms with van der Waals surface area (Å²) in [5.74, 6) is 0. The first-order valence-electron chi connectivity index (χ1n) is 26.4. The summed E-state index contributed by atoms with van der Waals surface area (Å²) in [5.41, 5.74) is 13.6. The molecule has 8 aromatic carbocycles. The van der Waals surface area contributed by atoms with Gasteiger partial charge in [-0.3, -0.25) is 0 Å². The van der Waals surface area contributed by atoms with Gasteiger partial charge in [-0.25, -0.2) is 0 Å². The van der Waals surface area contributed by atoms with Crippen molar-refractivity contribution in [2.24, 2.45) is 0 Å². The first-order valence-corrected chi connectivity index (χ1v) is 26.4. The molecule has 5 nitrogen and oxygen atoms in total. The van der Waals surface area contributed by atoms with E-state index in [4.69, 9.17) is 0 Å². The number of hydrogen-bond donors (Lipinski definition) is 0. The third kappa shape index (κ3) is 12.4. The lowest BCUT2D eigenvalue weighted by molar-refractivity contribution is 0.694. The SMILES string of the molecule is C=C/C=C(\C=C)N(/C=C/CCC(C=C)N(/C(C=C)=C/C=C)c1ccccc1)c1ccc2c(c1)c1cc(N(c3ccccc3)c3ccc(N(c4ccccc4)c4ccccc4)cc3)ccc1n2-c1ccccc1.CC.CC. The van der Waals surface area contributed by atoms with E-state index < -0.39 is 0 Å². The topological polar surface area (TPSA) is 17.9 Å². The quantitative estimate of drug-likeness (QED) is 0.0527. The number of aromatic nitrogens is 1. The maximum absolute atomic E-state index is 4.27. The van der Waals surface area contributed by atoms with Crippen LogP contribution in [-0.2, 0) is 0 Å². The van der Waals surface area contributed by atoms with Gasteiger partial charge in [0, 0.05) is 79.6 Å². The molecule has 1 atom stereocenters. The van der Waals surface area contributed by atoms with Gasteiger partial charge in [0.25, 0.3) is 0 Å². The Balaban J connectivity index is 0.00000205. The standard InChI is InChI=1S/C67H59N5.2C2H6/c1-6-28-52(8-3)68(49-27-26-30-54(10-5)69(53(9-4)29-7-2)55-31-16-11-17-32-55)62-45-47-66-64(50-62)65-51-63(46-48-67(65)72(66)59-39-24-15-25-40-59)71(58-37-22-14-23-38-58)61-43-41-60(42-44-61)70(56-33-18-12-19-34-56)57-35-20-13-21-36-57;2*1-2/h6-25,27-29,31-51,54H,1-5,26,30H2;2*1-2H3/b49-27+,52-28+,53-29+;;. The molecule has 0 radical (unpaired) electrons. The fourth-order valence-electron chi connectivity index (χ4n) is 9.50. The maximum Gasteiger partial charge on any atom is 0.0542 e. The summed E-state index contributed by atoms with van der Waals surface area (Å²) in [6, 6.07) is 75.0. The molecule has 0 saturated heterocycles. The van der Waals surface area contributed by atoms with Crippen molar-refractivity contribution in [3.8, 4) is 5.69 Å². The summed E-state index contributed by atoms with van der Waals surface area (Å²) >= 11 is 0. The Labute approximate surface area is 452 Å². The molecule has 1 aromatic heterocycles. The summed E-state index contributed by atoms with van der Waals surface area (Å²) in [5, 5.41) is 2.25. The van der Waals surface area contributed by atoms with Gasteiger partial charge in [0.15, 0.2) is 0 Å². The molecule has 1 heterocycles. The average molecular weight is 994 g/mol. The van der Waals surface area contributed by atoms with Gasteiger partial charge in [-0.1, -0.05) is 169 Å². The maximum atomic E-state index is 4.27. The summed E-state index contributed by atoms with van der Waals surface area (Å²) in [6.07, 6.45) is 19.3. The molecule has 380 valence electrons. The van der Waals surface area contributed by atoms with Gasteiger partial charge in [0.2, 0.25) is 0 Å². The zero-order valence-electron chi connectivity index (χ0n) is 44.7. The third-order valence-electron chi connectivity index (χ3n) is 12.8. The molecule has 0 aliphatic rings. The highest BCUT2D eigenvalue weighted by molar-refractivity contribution is 6.12. The Morgan fingerprint density at radius 3 is 1.26 bits per heavy atom. The largest absolute Gasteiger partial charge is 0.335 e. The van der Waals surface area contributed by atoms with Crippen LogP contribution in [0.25, 0.3) is 27.5 Å². The molecule has 76 heavy (non-hydrogen) atoms. The molecule has 0 amide bonds. The molecule has 0 spiro atoms. The molecule has 0 saturated carbocycles. The molecule has 9 rings (SSSR count). The Bertz CT molecular complexity index is 3350. The highest BCUT2D eigenvalue weighted by Gasteiger charge is 2.21. The predicted molar refractivity (Wildman–Crippen MR) is 334 cm³/mol. The lowest BCUT2D eigenvalue weighted by Crippen LogP contribution is -2.32. The van der Waals surface area contributed by atoms with Crippen LogP contribution in [0.1, 0.15) is 40.5 Å². The van der Waals surface area contributed by atoms with Crippen molar-refractivity contribution in [2.75, 3.05) is 19.6 Å². The predicted octanol–water partition coefficient (Wildman–Crippen LogP) is 20.4. The lowest BCUT2D eigenvalue weighted by atomic mass is 10.1.